The van der Waals surface area contributed by atoms with Crippen LogP contribution in [0.4, 0.5) is 5.69 Å². The normalized spacial score (nSPS) is 11.5. The van der Waals surface area contributed by atoms with Gasteiger partial charge in [0.15, 0.2) is 0 Å². The third-order valence-electron chi connectivity index (χ3n) is 4.19. The van der Waals surface area contributed by atoms with Crippen LogP contribution < -0.4 is 10.6 Å². The second-order valence-electron chi connectivity index (χ2n) is 6.19. The van der Waals surface area contributed by atoms with Crippen LogP contribution in [0.2, 0.25) is 5.02 Å². The van der Waals surface area contributed by atoms with Crippen molar-refractivity contribution in [1.29, 1.82) is 0 Å². The Bertz CT molecular complexity index is 976. The van der Waals surface area contributed by atoms with Gasteiger partial charge in [0.05, 0.1) is 28.7 Å². The van der Waals surface area contributed by atoms with Crippen molar-refractivity contribution < 1.29 is 14.7 Å². The minimum absolute atomic E-state index is 0.00542. The number of carbonyl (C=O) groups excluding carboxylic acids is 2. The molecule has 0 aliphatic rings. The molecule has 3 N–H and O–H groups in total. The number of anilines is 1. The minimum atomic E-state index is -0.559. The van der Waals surface area contributed by atoms with Crippen molar-refractivity contribution in [2.24, 2.45) is 0 Å². The molecule has 6 heteroatoms. The molecule has 1 atom stereocenters. The molecule has 0 aliphatic carbocycles. The number of aromatic hydroxyl groups is 1. The van der Waals surface area contributed by atoms with E-state index in [0.29, 0.717) is 16.3 Å². The Balaban J connectivity index is 1.78. The predicted molar refractivity (Wildman–Crippen MR) is 109 cm³/mol. The van der Waals surface area contributed by atoms with Crippen LogP contribution in [-0.2, 0) is 4.79 Å². The van der Waals surface area contributed by atoms with E-state index in [1.807, 2.05) is 30.3 Å². The second-order valence-corrected chi connectivity index (χ2v) is 6.59. The van der Waals surface area contributed by atoms with E-state index in [1.54, 1.807) is 42.5 Å². The SMILES string of the molecule is O=C(CC(NC(=O)c1ccccc1Cl)c1ccccc1)Nc1ccccc1O. The quantitative estimate of drug-likeness (QED) is 0.537. The first-order chi connectivity index (χ1) is 13.5. The third-order valence-corrected chi connectivity index (χ3v) is 4.52. The van der Waals surface area contributed by atoms with E-state index in [9.17, 15) is 14.7 Å². The van der Waals surface area contributed by atoms with E-state index < -0.39 is 6.04 Å². The number of halogens is 1. The van der Waals surface area contributed by atoms with Crippen LogP contribution in [0.5, 0.6) is 5.75 Å². The number of nitrogens with one attached hydrogen (secondary N) is 2. The largest absolute Gasteiger partial charge is 0.506 e. The highest BCUT2D eigenvalue weighted by Crippen LogP contribution is 2.24. The van der Waals surface area contributed by atoms with Gasteiger partial charge in [0.25, 0.3) is 5.91 Å². The molecule has 3 aromatic carbocycles. The van der Waals surface area contributed by atoms with E-state index in [2.05, 4.69) is 10.6 Å². The maximum atomic E-state index is 12.7. The molecule has 0 fully saturated rings. The van der Waals surface area contributed by atoms with Gasteiger partial charge in [-0.15, -0.1) is 0 Å². The van der Waals surface area contributed by atoms with Gasteiger partial charge in [-0.1, -0.05) is 66.2 Å². The van der Waals surface area contributed by atoms with Crippen molar-refractivity contribution in [2.45, 2.75) is 12.5 Å². The lowest BCUT2D eigenvalue weighted by atomic mass is 10.0. The molecule has 2 amide bonds. The summed E-state index contributed by atoms with van der Waals surface area (Å²) < 4.78 is 0. The third kappa shape index (κ3) is 4.90. The van der Waals surface area contributed by atoms with Gasteiger partial charge >= 0.3 is 0 Å². The lowest BCUT2D eigenvalue weighted by Gasteiger charge is -2.19. The molecule has 0 aromatic heterocycles. The van der Waals surface area contributed by atoms with Gasteiger partial charge in [0, 0.05) is 0 Å². The van der Waals surface area contributed by atoms with Gasteiger partial charge < -0.3 is 15.7 Å². The number of amides is 2. The maximum absolute atomic E-state index is 12.7. The standard InChI is InChI=1S/C22H19ClN2O3/c23-17-11-5-4-10-16(17)22(28)25-19(15-8-2-1-3-9-15)14-21(27)24-18-12-6-7-13-20(18)26/h1-13,19,26H,14H2,(H,24,27)(H,25,28). The fourth-order valence-corrected chi connectivity index (χ4v) is 3.01. The molecule has 0 saturated heterocycles. The summed E-state index contributed by atoms with van der Waals surface area (Å²) in [5, 5.41) is 15.7. The Morgan fingerprint density at radius 1 is 0.893 bits per heavy atom. The number of hydrogen-bond acceptors (Lipinski definition) is 3. The van der Waals surface area contributed by atoms with Gasteiger partial charge in [-0.2, -0.15) is 0 Å². The van der Waals surface area contributed by atoms with E-state index in [1.165, 1.54) is 6.07 Å². The highest BCUT2D eigenvalue weighted by Gasteiger charge is 2.21. The second kappa shape index (κ2) is 9.06. The summed E-state index contributed by atoms with van der Waals surface area (Å²) in [5.74, 6) is -0.725. The monoisotopic (exact) mass is 394 g/mol. The zero-order valence-electron chi connectivity index (χ0n) is 14.9. The van der Waals surface area contributed by atoms with Gasteiger partial charge in [-0.05, 0) is 29.8 Å². The Morgan fingerprint density at radius 3 is 2.25 bits per heavy atom. The summed E-state index contributed by atoms with van der Waals surface area (Å²) >= 11 is 6.11. The van der Waals surface area contributed by atoms with Gasteiger partial charge in [0.2, 0.25) is 5.91 Å². The summed E-state index contributed by atoms with van der Waals surface area (Å²) in [6, 6.07) is 21.9. The van der Waals surface area contributed by atoms with E-state index in [-0.39, 0.29) is 24.0 Å². The zero-order valence-corrected chi connectivity index (χ0v) is 15.7. The number of rotatable bonds is 6. The Hall–Kier alpha value is -3.31. The van der Waals surface area contributed by atoms with Gasteiger partial charge in [-0.25, -0.2) is 0 Å². The molecule has 0 heterocycles. The van der Waals surface area contributed by atoms with E-state index in [0.717, 1.165) is 5.56 Å². The average Bonchev–Trinajstić information content (AvgIpc) is 2.70. The van der Waals surface area contributed by atoms with E-state index >= 15 is 0 Å². The van der Waals surface area contributed by atoms with Crippen LogP contribution in [0.1, 0.15) is 28.4 Å². The van der Waals surface area contributed by atoms with Crippen molar-refractivity contribution in [3.05, 3.63) is 95.0 Å². The van der Waals surface area contributed by atoms with Crippen LogP contribution in [-0.4, -0.2) is 16.9 Å². The van der Waals surface area contributed by atoms with Gasteiger partial charge in [-0.3, -0.25) is 9.59 Å². The zero-order chi connectivity index (χ0) is 19.9. The first kappa shape index (κ1) is 19.5. The molecule has 0 radical (unpaired) electrons. The highest BCUT2D eigenvalue weighted by molar-refractivity contribution is 6.33. The molecule has 0 spiro atoms. The fraction of sp³-hybridized carbons (Fsp3) is 0.0909. The van der Waals surface area contributed by atoms with Crippen molar-refractivity contribution in [3.63, 3.8) is 0 Å². The molecular weight excluding hydrogens is 376 g/mol. The number of para-hydroxylation sites is 2. The first-order valence-corrected chi connectivity index (χ1v) is 9.10. The summed E-state index contributed by atoms with van der Waals surface area (Å²) in [5.41, 5.74) is 1.44. The topological polar surface area (TPSA) is 78.4 Å². The molecular formula is C22H19ClN2O3. The summed E-state index contributed by atoms with van der Waals surface area (Å²) in [6.45, 7) is 0. The number of benzene rings is 3. The Labute approximate surface area is 168 Å². The molecule has 0 aliphatic heterocycles. The molecule has 28 heavy (non-hydrogen) atoms. The average molecular weight is 395 g/mol. The molecule has 142 valence electrons. The molecule has 3 aromatic rings. The van der Waals surface area contributed by atoms with Crippen LogP contribution in [0.15, 0.2) is 78.9 Å². The first-order valence-electron chi connectivity index (χ1n) is 8.73. The lowest BCUT2D eigenvalue weighted by Crippen LogP contribution is -2.31. The summed E-state index contributed by atoms with van der Waals surface area (Å²) in [6.07, 6.45) is -0.00542. The van der Waals surface area contributed by atoms with Crippen LogP contribution in [0.3, 0.4) is 0 Å². The molecule has 5 nitrogen and oxygen atoms in total. The fourth-order valence-electron chi connectivity index (χ4n) is 2.78. The summed E-state index contributed by atoms with van der Waals surface area (Å²) in [7, 11) is 0. The van der Waals surface area contributed by atoms with Crippen molar-refractivity contribution >= 4 is 29.1 Å². The smallest absolute Gasteiger partial charge is 0.253 e. The number of phenolic OH excluding ortho intramolecular Hbond substituents is 1. The molecule has 1 unspecified atom stereocenters. The van der Waals surface area contributed by atoms with Crippen molar-refractivity contribution in [3.8, 4) is 5.75 Å². The predicted octanol–water partition coefficient (Wildman–Crippen LogP) is 4.55. The van der Waals surface area contributed by atoms with Crippen molar-refractivity contribution in [1.82, 2.24) is 5.32 Å². The molecule has 0 bridgehead atoms. The van der Waals surface area contributed by atoms with Crippen molar-refractivity contribution in [2.75, 3.05) is 5.32 Å². The molecule has 3 rings (SSSR count). The Morgan fingerprint density at radius 2 is 1.54 bits per heavy atom. The van der Waals surface area contributed by atoms with Crippen LogP contribution >= 0.6 is 11.6 Å². The van der Waals surface area contributed by atoms with E-state index in [4.69, 9.17) is 11.6 Å². The maximum Gasteiger partial charge on any atom is 0.253 e. The van der Waals surface area contributed by atoms with Crippen LogP contribution in [0.25, 0.3) is 0 Å². The number of hydrogen-bond donors (Lipinski definition) is 3. The Kier molecular flexibility index (Phi) is 6.29. The number of phenols is 1. The van der Waals surface area contributed by atoms with Gasteiger partial charge in [0.1, 0.15) is 5.75 Å². The lowest BCUT2D eigenvalue weighted by molar-refractivity contribution is -0.116. The van der Waals surface area contributed by atoms with Crippen LogP contribution in [0, 0.1) is 0 Å². The molecule has 0 saturated carbocycles. The summed E-state index contributed by atoms with van der Waals surface area (Å²) in [4.78, 5) is 25.2. The minimum Gasteiger partial charge on any atom is -0.506 e. The number of carbonyl (C=O) groups is 2. The highest BCUT2D eigenvalue weighted by atomic mass is 35.5.